The Labute approximate surface area is 213 Å². The Kier molecular flexibility index (Phi) is 8.05. The first-order valence-corrected chi connectivity index (χ1v) is 14.7. The summed E-state index contributed by atoms with van der Waals surface area (Å²) < 4.78 is 39.3. The number of ether oxygens (including phenoxy) is 1. The smallest absolute Gasteiger partial charge is 0.273 e. The molecule has 0 unspecified atom stereocenters. The van der Waals surface area contributed by atoms with E-state index in [2.05, 4.69) is 15.4 Å². The summed E-state index contributed by atoms with van der Waals surface area (Å²) in [6.45, 7) is 4.29. The molecule has 1 aromatic carbocycles. The molecular formula is C26H36N4O5S. The van der Waals surface area contributed by atoms with Crippen LogP contribution in [0.3, 0.4) is 0 Å². The first kappa shape index (κ1) is 25.4. The van der Waals surface area contributed by atoms with Crippen LogP contribution >= 0.6 is 0 Å². The van der Waals surface area contributed by atoms with Gasteiger partial charge in [0.25, 0.3) is 5.91 Å². The number of hydrogen-bond acceptors (Lipinski definition) is 7. The molecule has 3 heterocycles. The lowest BCUT2D eigenvalue weighted by atomic mass is 9.94. The van der Waals surface area contributed by atoms with Crippen LogP contribution in [0.25, 0.3) is 0 Å². The molecule has 2 aliphatic heterocycles. The maximum atomic E-state index is 13.4. The van der Waals surface area contributed by atoms with Crippen LogP contribution in [0, 0.1) is 0 Å². The number of morpholine rings is 1. The molecule has 1 saturated carbocycles. The predicted molar refractivity (Wildman–Crippen MR) is 135 cm³/mol. The lowest BCUT2D eigenvalue weighted by Crippen LogP contribution is -2.53. The van der Waals surface area contributed by atoms with E-state index >= 15 is 0 Å². The first-order chi connectivity index (χ1) is 17.5. The molecule has 10 heteroatoms. The van der Waals surface area contributed by atoms with Gasteiger partial charge in [0.1, 0.15) is 5.76 Å². The maximum Gasteiger partial charge on any atom is 0.273 e. The zero-order valence-corrected chi connectivity index (χ0v) is 21.5. The average molecular weight is 517 g/mol. The van der Waals surface area contributed by atoms with Gasteiger partial charge in [-0.05, 0) is 50.6 Å². The number of rotatable bonds is 10. The molecule has 0 bridgehead atoms. The van der Waals surface area contributed by atoms with E-state index < -0.39 is 10.0 Å². The number of piperidine rings is 1. The van der Waals surface area contributed by atoms with Gasteiger partial charge in [-0.15, -0.1) is 0 Å². The number of carbonyl (C=O) groups is 1. The summed E-state index contributed by atoms with van der Waals surface area (Å²) in [5.41, 5.74) is 1.39. The third kappa shape index (κ3) is 6.53. The van der Waals surface area contributed by atoms with E-state index in [0.29, 0.717) is 57.1 Å². The van der Waals surface area contributed by atoms with Crippen LogP contribution in [0.1, 0.15) is 59.8 Å². The van der Waals surface area contributed by atoms with Gasteiger partial charge in [0, 0.05) is 43.7 Å². The molecule has 1 aliphatic carbocycles. The number of hydrogen-bond donors (Lipinski definition) is 1. The van der Waals surface area contributed by atoms with E-state index in [0.717, 1.165) is 43.8 Å². The van der Waals surface area contributed by atoms with E-state index in [1.165, 1.54) is 0 Å². The van der Waals surface area contributed by atoms with E-state index in [1.54, 1.807) is 10.4 Å². The standard InChI is InChI=1S/C26H36N4O5S/c31-26(24-19-25(35-28-24)21-7-8-21)27-22-9-11-30(23(18-22)17-20-5-2-1-3-6-20)36(32,33)16-4-10-29-12-14-34-15-13-29/h1-3,5-6,19,21-23H,4,7-18H2,(H,27,31)/t22-,23+/m0/s1. The van der Waals surface area contributed by atoms with E-state index in [9.17, 15) is 13.2 Å². The van der Waals surface area contributed by atoms with E-state index in [-0.39, 0.29) is 23.7 Å². The highest BCUT2D eigenvalue weighted by Crippen LogP contribution is 2.40. The van der Waals surface area contributed by atoms with Gasteiger partial charge >= 0.3 is 0 Å². The summed E-state index contributed by atoms with van der Waals surface area (Å²) in [5, 5.41) is 7.03. The Morgan fingerprint density at radius 2 is 1.86 bits per heavy atom. The maximum absolute atomic E-state index is 13.4. The molecule has 3 aliphatic rings. The average Bonchev–Trinajstić information content (AvgIpc) is 3.61. The van der Waals surface area contributed by atoms with Crippen molar-refractivity contribution in [1.29, 1.82) is 0 Å². The monoisotopic (exact) mass is 516 g/mol. The molecule has 5 rings (SSSR count). The Hall–Kier alpha value is -2.27. The molecule has 1 amide bonds. The normalized spacial score (nSPS) is 24.0. The molecule has 9 nitrogen and oxygen atoms in total. The van der Waals surface area contributed by atoms with Crippen molar-refractivity contribution in [2.45, 2.75) is 56.5 Å². The van der Waals surface area contributed by atoms with Crippen LogP contribution in [0.2, 0.25) is 0 Å². The number of nitrogens with zero attached hydrogens (tertiary/aromatic N) is 3. The summed E-state index contributed by atoms with van der Waals surface area (Å²) in [5.74, 6) is 1.05. The van der Waals surface area contributed by atoms with E-state index in [1.807, 2.05) is 30.3 Å². The Bertz CT molecular complexity index is 1110. The molecule has 2 aromatic rings. The summed E-state index contributed by atoms with van der Waals surface area (Å²) in [6.07, 6.45) is 4.52. The van der Waals surface area contributed by atoms with Gasteiger partial charge in [-0.2, -0.15) is 4.31 Å². The fourth-order valence-corrected chi connectivity index (χ4v) is 6.95. The topological polar surface area (TPSA) is 105 Å². The van der Waals surface area contributed by atoms with Crippen molar-refractivity contribution in [3.8, 4) is 0 Å². The quantitative estimate of drug-likeness (QED) is 0.517. The highest BCUT2D eigenvalue weighted by molar-refractivity contribution is 7.89. The van der Waals surface area contributed by atoms with Crippen LogP contribution in [0.15, 0.2) is 40.9 Å². The minimum atomic E-state index is -3.42. The minimum absolute atomic E-state index is 0.118. The number of aromatic nitrogens is 1. The Balaban J connectivity index is 1.22. The fraction of sp³-hybridized carbons (Fsp3) is 0.615. The molecular weight excluding hydrogens is 480 g/mol. The molecule has 36 heavy (non-hydrogen) atoms. The molecule has 1 N–H and O–H groups in total. The third-order valence-corrected chi connectivity index (χ3v) is 9.39. The number of carbonyl (C=O) groups excluding carboxylic acids is 1. The number of sulfonamides is 1. The SMILES string of the molecule is O=C(N[C@H]1CCN(S(=O)(=O)CCCN2CCOCC2)[C@H](Cc2ccccc2)C1)c1cc(C2CC2)on1. The van der Waals surface area contributed by atoms with Gasteiger partial charge in [-0.25, -0.2) is 8.42 Å². The van der Waals surface area contributed by atoms with Gasteiger partial charge in [0.15, 0.2) is 5.69 Å². The molecule has 0 spiro atoms. The highest BCUT2D eigenvalue weighted by atomic mass is 32.2. The predicted octanol–water partition coefficient (Wildman–Crippen LogP) is 2.41. The fourth-order valence-electron chi connectivity index (χ4n) is 5.23. The van der Waals surface area contributed by atoms with Crippen molar-refractivity contribution >= 4 is 15.9 Å². The second-order valence-electron chi connectivity index (χ2n) is 10.2. The van der Waals surface area contributed by atoms with Gasteiger partial charge in [-0.3, -0.25) is 9.69 Å². The van der Waals surface area contributed by atoms with Gasteiger partial charge in [0.05, 0.1) is 19.0 Å². The molecule has 1 aromatic heterocycles. The van der Waals surface area contributed by atoms with Gasteiger partial charge in [0.2, 0.25) is 10.0 Å². The summed E-state index contributed by atoms with van der Waals surface area (Å²) in [4.78, 5) is 15.1. The lowest BCUT2D eigenvalue weighted by Gasteiger charge is -2.39. The van der Waals surface area contributed by atoms with Crippen LogP contribution in [-0.4, -0.2) is 85.9 Å². The molecule has 3 fully saturated rings. The summed E-state index contributed by atoms with van der Waals surface area (Å²) >= 11 is 0. The van der Waals surface area contributed by atoms with E-state index in [4.69, 9.17) is 9.26 Å². The Morgan fingerprint density at radius 3 is 2.61 bits per heavy atom. The second kappa shape index (κ2) is 11.4. The largest absolute Gasteiger partial charge is 0.379 e. The zero-order chi connectivity index (χ0) is 25.0. The van der Waals surface area contributed by atoms with Crippen molar-refractivity contribution in [2.75, 3.05) is 45.1 Å². The third-order valence-electron chi connectivity index (χ3n) is 7.39. The van der Waals surface area contributed by atoms with Gasteiger partial charge in [-0.1, -0.05) is 35.5 Å². The number of amides is 1. The molecule has 2 saturated heterocycles. The van der Waals surface area contributed by atoms with Crippen LogP contribution in [0.5, 0.6) is 0 Å². The Morgan fingerprint density at radius 1 is 1.08 bits per heavy atom. The van der Waals surface area contributed by atoms with Crippen LogP contribution in [0.4, 0.5) is 0 Å². The van der Waals surface area contributed by atoms with Crippen molar-refractivity contribution in [3.05, 3.63) is 53.4 Å². The molecule has 196 valence electrons. The lowest BCUT2D eigenvalue weighted by molar-refractivity contribution is 0.0380. The highest BCUT2D eigenvalue weighted by Gasteiger charge is 2.37. The number of nitrogens with one attached hydrogen (secondary N) is 1. The zero-order valence-electron chi connectivity index (χ0n) is 20.7. The van der Waals surface area contributed by atoms with Crippen molar-refractivity contribution in [3.63, 3.8) is 0 Å². The molecule has 0 radical (unpaired) electrons. The molecule has 2 atom stereocenters. The second-order valence-corrected chi connectivity index (χ2v) is 12.2. The van der Waals surface area contributed by atoms with Crippen molar-refractivity contribution in [2.24, 2.45) is 0 Å². The first-order valence-electron chi connectivity index (χ1n) is 13.1. The van der Waals surface area contributed by atoms with Crippen LogP contribution in [-0.2, 0) is 21.2 Å². The number of benzene rings is 1. The van der Waals surface area contributed by atoms with Crippen LogP contribution < -0.4 is 5.32 Å². The van der Waals surface area contributed by atoms with Gasteiger partial charge < -0.3 is 14.6 Å². The van der Waals surface area contributed by atoms with Crippen molar-refractivity contribution in [1.82, 2.24) is 19.7 Å². The summed E-state index contributed by atoms with van der Waals surface area (Å²) in [6, 6.07) is 11.4. The van der Waals surface area contributed by atoms with Crippen molar-refractivity contribution < 1.29 is 22.5 Å². The summed E-state index contributed by atoms with van der Waals surface area (Å²) in [7, 11) is -3.42. The minimum Gasteiger partial charge on any atom is -0.379 e.